The molecule has 1 unspecified atom stereocenters. The molecule has 18 heavy (non-hydrogen) atoms. The second-order valence-corrected chi connectivity index (χ2v) is 4.38. The summed E-state index contributed by atoms with van der Waals surface area (Å²) in [5.74, 6) is 1.51. The van der Waals surface area contributed by atoms with Crippen molar-refractivity contribution in [2.45, 2.75) is 6.04 Å². The topological polar surface area (TPSA) is 55.2 Å². The van der Waals surface area contributed by atoms with Crippen molar-refractivity contribution in [2.24, 2.45) is 10.1 Å². The van der Waals surface area contributed by atoms with Crippen LogP contribution in [0.15, 0.2) is 28.3 Å². The highest BCUT2D eigenvalue weighted by atomic mass is 32.2. The molecule has 0 spiro atoms. The number of aliphatic imine (C=N–C) groups is 1. The smallest absolute Gasteiger partial charge is 0.177 e. The van der Waals surface area contributed by atoms with Gasteiger partial charge >= 0.3 is 0 Å². The van der Waals surface area contributed by atoms with Gasteiger partial charge in [0.2, 0.25) is 0 Å². The van der Waals surface area contributed by atoms with Crippen LogP contribution in [0.4, 0.5) is 0 Å². The quantitative estimate of drug-likeness (QED) is 0.909. The molecule has 0 radical (unpaired) electrons. The summed E-state index contributed by atoms with van der Waals surface area (Å²) in [6.45, 7) is 0. The molecule has 0 saturated heterocycles. The molecule has 1 aliphatic heterocycles. The number of methoxy groups -OCH3 is 2. The molecule has 1 N–H and O–H groups in total. The normalized spacial score (nSPS) is 17.9. The Kier molecular flexibility index (Phi) is 4.09. The third-order valence-corrected chi connectivity index (χ3v) is 3.17. The average Bonchev–Trinajstić information content (AvgIpc) is 2.46. The van der Waals surface area contributed by atoms with Gasteiger partial charge in [0, 0.05) is 11.6 Å². The van der Waals surface area contributed by atoms with Crippen LogP contribution >= 0.6 is 11.8 Å². The summed E-state index contributed by atoms with van der Waals surface area (Å²) in [5.41, 5.74) is 3.81. The maximum Gasteiger partial charge on any atom is 0.177 e. The van der Waals surface area contributed by atoms with E-state index in [9.17, 15) is 0 Å². The molecule has 1 heterocycles. The van der Waals surface area contributed by atoms with E-state index < -0.39 is 0 Å². The van der Waals surface area contributed by atoms with Gasteiger partial charge < -0.3 is 9.47 Å². The van der Waals surface area contributed by atoms with Crippen molar-refractivity contribution in [1.29, 1.82) is 0 Å². The monoisotopic (exact) mass is 265 g/mol. The number of rotatable bonds is 3. The van der Waals surface area contributed by atoms with E-state index in [0.29, 0.717) is 0 Å². The Morgan fingerprint density at radius 1 is 1.28 bits per heavy atom. The van der Waals surface area contributed by atoms with E-state index in [0.717, 1.165) is 22.2 Å². The molecule has 0 aliphatic carbocycles. The van der Waals surface area contributed by atoms with Gasteiger partial charge in [0.25, 0.3) is 0 Å². The van der Waals surface area contributed by atoms with E-state index in [1.165, 1.54) is 11.8 Å². The standard InChI is InChI=1S/C12H15N3O2S/c1-16-8-4-5-9(11(6-8)17-2)10-7-13-15-12(14-10)18-3/h4-7,10H,1-3H3,(H,14,15). The maximum atomic E-state index is 5.37. The van der Waals surface area contributed by atoms with Crippen LogP contribution in [-0.2, 0) is 0 Å². The van der Waals surface area contributed by atoms with Crippen LogP contribution in [0.1, 0.15) is 11.6 Å². The van der Waals surface area contributed by atoms with Crippen LogP contribution in [0.25, 0.3) is 0 Å². The molecule has 96 valence electrons. The largest absolute Gasteiger partial charge is 0.497 e. The van der Waals surface area contributed by atoms with Gasteiger partial charge in [-0.3, -0.25) is 5.43 Å². The maximum absolute atomic E-state index is 5.37. The zero-order chi connectivity index (χ0) is 13.0. The summed E-state index contributed by atoms with van der Waals surface area (Å²) in [4.78, 5) is 4.53. The zero-order valence-electron chi connectivity index (χ0n) is 10.5. The van der Waals surface area contributed by atoms with Crippen molar-refractivity contribution < 1.29 is 9.47 Å². The molecule has 1 atom stereocenters. The molecule has 0 amide bonds. The van der Waals surface area contributed by atoms with Crippen molar-refractivity contribution in [3.63, 3.8) is 0 Å². The first-order chi connectivity index (χ1) is 8.78. The minimum Gasteiger partial charge on any atom is -0.497 e. The van der Waals surface area contributed by atoms with Crippen molar-refractivity contribution in [3.05, 3.63) is 23.8 Å². The fourth-order valence-electron chi connectivity index (χ4n) is 1.66. The van der Waals surface area contributed by atoms with E-state index in [-0.39, 0.29) is 6.04 Å². The molecule has 0 fully saturated rings. The molecule has 0 saturated carbocycles. The Balaban J connectivity index is 2.35. The lowest BCUT2D eigenvalue weighted by Gasteiger charge is -2.17. The average molecular weight is 265 g/mol. The lowest BCUT2D eigenvalue weighted by atomic mass is 10.1. The number of nitrogens with one attached hydrogen (secondary N) is 1. The number of hydrazone groups is 1. The van der Waals surface area contributed by atoms with Gasteiger partial charge in [0.05, 0.1) is 20.4 Å². The van der Waals surface area contributed by atoms with Crippen LogP contribution in [0.5, 0.6) is 11.5 Å². The third-order valence-electron chi connectivity index (χ3n) is 2.58. The second kappa shape index (κ2) is 5.77. The SMILES string of the molecule is COc1ccc(C2C=NNC(SC)=N2)c(OC)c1. The number of ether oxygens (including phenoxy) is 2. The van der Waals surface area contributed by atoms with Gasteiger partial charge in [-0.15, -0.1) is 0 Å². The molecule has 2 rings (SSSR count). The van der Waals surface area contributed by atoms with E-state index in [4.69, 9.17) is 9.47 Å². The van der Waals surface area contributed by atoms with Crippen molar-refractivity contribution in [1.82, 2.24) is 5.43 Å². The van der Waals surface area contributed by atoms with Crippen LogP contribution in [0.2, 0.25) is 0 Å². The minimum absolute atomic E-state index is 0.130. The molecular formula is C12H15N3O2S. The fourth-order valence-corrected chi connectivity index (χ4v) is 2.03. The molecule has 1 aromatic carbocycles. The van der Waals surface area contributed by atoms with E-state index in [1.54, 1.807) is 20.4 Å². The summed E-state index contributed by atoms with van der Waals surface area (Å²) >= 11 is 1.52. The predicted octanol–water partition coefficient (Wildman–Crippen LogP) is 2.05. The summed E-state index contributed by atoms with van der Waals surface area (Å²) in [6.07, 6.45) is 3.71. The molecular weight excluding hydrogens is 250 g/mol. The van der Waals surface area contributed by atoms with Gasteiger partial charge in [-0.05, 0) is 18.4 Å². The lowest BCUT2D eigenvalue weighted by Crippen LogP contribution is -2.21. The molecule has 0 aromatic heterocycles. The predicted molar refractivity (Wildman–Crippen MR) is 74.9 cm³/mol. The van der Waals surface area contributed by atoms with Crippen LogP contribution in [0.3, 0.4) is 0 Å². The number of nitrogens with zero attached hydrogens (tertiary/aromatic N) is 2. The van der Waals surface area contributed by atoms with Crippen LogP contribution in [-0.4, -0.2) is 31.9 Å². The number of thioether (sulfide) groups is 1. The van der Waals surface area contributed by atoms with E-state index in [1.807, 2.05) is 24.5 Å². The minimum atomic E-state index is -0.130. The van der Waals surface area contributed by atoms with Crippen molar-refractivity contribution in [2.75, 3.05) is 20.5 Å². The van der Waals surface area contributed by atoms with Gasteiger partial charge in [-0.2, -0.15) is 5.10 Å². The van der Waals surface area contributed by atoms with Crippen LogP contribution in [0, 0.1) is 0 Å². The lowest BCUT2D eigenvalue weighted by molar-refractivity contribution is 0.390. The first kappa shape index (κ1) is 12.8. The number of amidine groups is 1. The molecule has 1 aromatic rings. The highest BCUT2D eigenvalue weighted by Crippen LogP contribution is 2.31. The fraction of sp³-hybridized carbons (Fsp3) is 0.333. The Bertz CT molecular complexity index is 488. The molecule has 5 nitrogen and oxygen atoms in total. The first-order valence-electron chi connectivity index (χ1n) is 5.41. The van der Waals surface area contributed by atoms with Gasteiger partial charge in [0.15, 0.2) is 5.17 Å². The Morgan fingerprint density at radius 2 is 2.11 bits per heavy atom. The summed E-state index contributed by atoms with van der Waals surface area (Å²) < 4.78 is 10.5. The number of hydrogen-bond acceptors (Lipinski definition) is 6. The van der Waals surface area contributed by atoms with Gasteiger partial charge in [-0.25, -0.2) is 4.99 Å². The van der Waals surface area contributed by atoms with E-state index >= 15 is 0 Å². The van der Waals surface area contributed by atoms with Gasteiger partial charge in [0.1, 0.15) is 17.5 Å². The van der Waals surface area contributed by atoms with Crippen molar-refractivity contribution >= 4 is 23.1 Å². The number of hydrogen-bond donors (Lipinski definition) is 1. The third kappa shape index (κ3) is 2.59. The number of benzene rings is 1. The van der Waals surface area contributed by atoms with Crippen LogP contribution < -0.4 is 14.9 Å². The van der Waals surface area contributed by atoms with Gasteiger partial charge in [-0.1, -0.05) is 11.8 Å². The highest BCUT2D eigenvalue weighted by molar-refractivity contribution is 8.13. The Hall–Kier alpha value is -1.69. The molecule has 0 bridgehead atoms. The second-order valence-electron chi connectivity index (χ2n) is 3.58. The first-order valence-corrected chi connectivity index (χ1v) is 6.64. The van der Waals surface area contributed by atoms with Crippen molar-refractivity contribution in [3.8, 4) is 11.5 Å². The highest BCUT2D eigenvalue weighted by Gasteiger charge is 2.17. The Morgan fingerprint density at radius 3 is 2.78 bits per heavy atom. The molecule has 1 aliphatic rings. The Labute approximate surface area is 110 Å². The summed E-state index contributed by atoms with van der Waals surface area (Å²) in [6, 6.07) is 5.55. The van der Waals surface area contributed by atoms with E-state index in [2.05, 4.69) is 15.5 Å². The summed E-state index contributed by atoms with van der Waals surface area (Å²) in [5, 5.41) is 4.88. The molecule has 6 heteroatoms. The summed E-state index contributed by atoms with van der Waals surface area (Å²) in [7, 11) is 3.26. The zero-order valence-corrected chi connectivity index (χ0v) is 11.3.